The van der Waals surface area contributed by atoms with Gasteiger partial charge in [0.2, 0.25) is 5.95 Å². The maximum atomic E-state index is 4.50. The molecule has 106 valence electrons. The number of anilines is 3. The molecule has 1 aromatic carbocycles. The van der Waals surface area contributed by atoms with E-state index in [1.165, 1.54) is 5.56 Å². The summed E-state index contributed by atoms with van der Waals surface area (Å²) in [6, 6.07) is 10.1. The van der Waals surface area contributed by atoms with E-state index < -0.39 is 0 Å². The van der Waals surface area contributed by atoms with Crippen LogP contribution in [0.5, 0.6) is 0 Å². The first-order valence-electron chi connectivity index (χ1n) is 6.94. The lowest BCUT2D eigenvalue weighted by Crippen LogP contribution is -2.26. The van der Waals surface area contributed by atoms with Crippen molar-refractivity contribution in [1.82, 2.24) is 9.97 Å². The van der Waals surface area contributed by atoms with Gasteiger partial charge < -0.3 is 10.6 Å². The fourth-order valence-electron chi connectivity index (χ4n) is 1.94. The number of rotatable bonds is 4. The van der Waals surface area contributed by atoms with Crippen molar-refractivity contribution in [3.8, 4) is 0 Å². The van der Waals surface area contributed by atoms with Crippen LogP contribution in [-0.2, 0) is 6.42 Å². The summed E-state index contributed by atoms with van der Waals surface area (Å²) in [5.74, 6) is 1.43. The molecule has 0 saturated heterocycles. The first-order chi connectivity index (χ1) is 9.48. The Labute approximate surface area is 120 Å². The van der Waals surface area contributed by atoms with E-state index in [0.29, 0.717) is 5.95 Å². The predicted octanol–water partition coefficient (Wildman–Crippen LogP) is 3.99. The molecule has 0 bridgehead atoms. The van der Waals surface area contributed by atoms with Crippen LogP contribution in [0.25, 0.3) is 0 Å². The highest BCUT2D eigenvalue weighted by Crippen LogP contribution is 2.20. The second-order valence-corrected chi connectivity index (χ2v) is 5.78. The molecular weight excluding hydrogens is 248 g/mol. The Morgan fingerprint density at radius 3 is 2.55 bits per heavy atom. The van der Waals surface area contributed by atoms with Crippen LogP contribution >= 0.6 is 0 Å². The van der Waals surface area contributed by atoms with Gasteiger partial charge in [0.1, 0.15) is 5.82 Å². The summed E-state index contributed by atoms with van der Waals surface area (Å²) in [5.41, 5.74) is 2.29. The predicted molar refractivity (Wildman–Crippen MR) is 84.5 cm³/mol. The van der Waals surface area contributed by atoms with Crippen LogP contribution in [-0.4, -0.2) is 15.5 Å². The third-order valence-corrected chi connectivity index (χ3v) is 2.80. The molecule has 0 radical (unpaired) electrons. The van der Waals surface area contributed by atoms with E-state index in [1.807, 2.05) is 24.3 Å². The van der Waals surface area contributed by atoms with Gasteiger partial charge in [0.25, 0.3) is 0 Å². The Bertz CT molecular complexity index is 573. The van der Waals surface area contributed by atoms with Crippen LogP contribution < -0.4 is 10.6 Å². The third-order valence-electron chi connectivity index (χ3n) is 2.80. The maximum Gasteiger partial charge on any atom is 0.229 e. The molecule has 0 unspecified atom stereocenters. The number of aryl methyl sites for hydroxylation is 1. The average Bonchev–Trinajstić information content (AvgIpc) is 2.38. The molecular formula is C16H22N4. The lowest BCUT2D eigenvalue weighted by atomic mass is 10.1. The zero-order chi connectivity index (χ0) is 14.6. The zero-order valence-electron chi connectivity index (χ0n) is 12.6. The average molecular weight is 270 g/mol. The molecule has 0 atom stereocenters. The van der Waals surface area contributed by atoms with Crippen LogP contribution in [0.3, 0.4) is 0 Å². The number of hydrogen-bond acceptors (Lipinski definition) is 4. The van der Waals surface area contributed by atoms with Crippen molar-refractivity contribution in [3.05, 3.63) is 42.1 Å². The van der Waals surface area contributed by atoms with Crippen LogP contribution in [0.4, 0.5) is 17.5 Å². The fourth-order valence-corrected chi connectivity index (χ4v) is 1.94. The highest BCUT2D eigenvalue weighted by molar-refractivity contribution is 5.59. The largest absolute Gasteiger partial charge is 0.365 e. The Balaban J connectivity index is 2.19. The number of hydrogen-bond donors (Lipinski definition) is 2. The first kappa shape index (κ1) is 14.3. The monoisotopic (exact) mass is 270 g/mol. The van der Waals surface area contributed by atoms with Crippen LogP contribution in [0.2, 0.25) is 0 Å². The zero-order valence-corrected chi connectivity index (χ0v) is 12.6. The van der Waals surface area contributed by atoms with E-state index in [4.69, 9.17) is 0 Å². The summed E-state index contributed by atoms with van der Waals surface area (Å²) in [6.45, 7) is 8.46. The quantitative estimate of drug-likeness (QED) is 0.882. The molecule has 4 nitrogen and oxygen atoms in total. The molecule has 2 rings (SSSR count). The van der Waals surface area contributed by atoms with Gasteiger partial charge in [-0.05, 0) is 44.9 Å². The molecule has 4 heteroatoms. The van der Waals surface area contributed by atoms with Crippen molar-refractivity contribution < 1.29 is 0 Å². The number of aromatic nitrogens is 2. The van der Waals surface area contributed by atoms with E-state index in [0.717, 1.165) is 17.9 Å². The molecule has 1 aromatic heterocycles. The SMILES string of the molecule is CCc1ccccc1Nc1nccc(NC(C)(C)C)n1. The van der Waals surface area contributed by atoms with Crippen molar-refractivity contribution in [1.29, 1.82) is 0 Å². The van der Waals surface area contributed by atoms with E-state index in [9.17, 15) is 0 Å². The Morgan fingerprint density at radius 1 is 1.10 bits per heavy atom. The fraction of sp³-hybridized carbons (Fsp3) is 0.375. The van der Waals surface area contributed by atoms with Crippen LogP contribution in [0, 0.1) is 0 Å². The summed E-state index contributed by atoms with van der Waals surface area (Å²) in [5, 5.41) is 6.63. The van der Waals surface area contributed by atoms with Crippen molar-refractivity contribution in [2.45, 2.75) is 39.7 Å². The number of nitrogens with one attached hydrogen (secondary N) is 2. The van der Waals surface area contributed by atoms with E-state index >= 15 is 0 Å². The van der Waals surface area contributed by atoms with Crippen molar-refractivity contribution in [2.75, 3.05) is 10.6 Å². The number of benzene rings is 1. The second-order valence-electron chi connectivity index (χ2n) is 5.78. The molecule has 0 aliphatic heterocycles. The molecule has 0 aliphatic carbocycles. The molecule has 1 heterocycles. The second kappa shape index (κ2) is 5.90. The summed E-state index contributed by atoms with van der Waals surface area (Å²) in [6.07, 6.45) is 2.74. The number of nitrogens with zero attached hydrogens (tertiary/aromatic N) is 2. The topological polar surface area (TPSA) is 49.8 Å². The minimum atomic E-state index is -0.0209. The molecule has 0 amide bonds. The van der Waals surface area contributed by atoms with Gasteiger partial charge in [-0.25, -0.2) is 4.98 Å². The van der Waals surface area contributed by atoms with Gasteiger partial charge in [-0.2, -0.15) is 4.98 Å². The summed E-state index contributed by atoms with van der Waals surface area (Å²) in [7, 11) is 0. The Morgan fingerprint density at radius 2 is 1.85 bits per heavy atom. The normalized spacial score (nSPS) is 11.2. The Kier molecular flexibility index (Phi) is 4.23. The first-order valence-corrected chi connectivity index (χ1v) is 6.94. The van der Waals surface area contributed by atoms with E-state index in [2.05, 4.69) is 54.4 Å². The van der Waals surface area contributed by atoms with Crippen molar-refractivity contribution in [2.24, 2.45) is 0 Å². The van der Waals surface area contributed by atoms with Gasteiger partial charge in [0, 0.05) is 17.4 Å². The molecule has 0 aliphatic rings. The highest BCUT2D eigenvalue weighted by Gasteiger charge is 2.11. The van der Waals surface area contributed by atoms with Gasteiger partial charge in [0.15, 0.2) is 0 Å². The van der Waals surface area contributed by atoms with Crippen LogP contribution in [0.1, 0.15) is 33.3 Å². The summed E-state index contributed by atoms with van der Waals surface area (Å²) < 4.78 is 0. The van der Waals surface area contributed by atoms with Gasteiger partial charge in [-0.3, -0.25) is 0 Å². The van der Waals surface area contributed by atoms with E-state index in [1.54, 1.807) is 6.20 Å². The molecule has 2 aromatic rings. The van der Waals surface area contributed by atoms with Gasteiger partial charge >= 0.3 is 0 Å². The third kappa shape index (κ3) is 3.95. The van der Waals surface area contributed by atoms with Crippen molar-refractivity contribution >= 4 is 17.5 Å². The molecule has 20 heavy (non-hydrogen) atoms. The standard InChI is InChI=1S/C16H22N4/c1-5-12-8-6-7-9-13(12)18-15-17-11-10-14(19-15)20-16(2,3)4/h6-11H,5H2,1-4H3,(H2,17,18,19,20). The molecule has 0 saturated carbocycles. The lowest BCUT2D eigenvalue weighted by Gasteiger charge is -2.21. The minimum absolute atomic E-state index is 0.0209. The van der Waals surface area contributed by atoms with Gasteiger partial charge in [0.05, 0.1) is 0 Å². The van der Waals surface area contributed by atoms with Gasteiger partial charge in [-0.1, -0.05) is 25.1 Å². The molecule has 0 fully saturated rings. The van der Waals surface area contributed by atoms with E-state index in [-0.39, 0.29) is 5.54 Å². The maximum absolute atomic E-state index is 4.50. The van der Waals surface area contributed by atoms with Crippen molar-refractivity contribution in [3.63, 3.8) is 0 Å². The van der Waals surface area contributed by atoms with Gasteiger partial charge in [-0.15, -0.1) is 0 Å². The summed E-state index contributed by atoms with van der Waals surface area (Å²) in [4.78, 5) is 8.77. The smallest absolute Gasteiger partial charge is 0.229 e. The highest BCUT2D eigenvalue weighted by atomic mass is 15.2. The summed E-state index contributed by atoms with van der Waals surface area (Å²) >= 11 is 0. The minimum Gasteiger partial charge on any atom is -0.365 e. The number of para-hydroxylation sites is 1. The van der Waals surface area contributed by atoms with Crippen LogP contribution in [0.15, 0.2) is 36.5 Å². The lowest BCUT2D eigenvalue weighted by molar-refractivity contribution is 0.630. The Hall–Kier alpha value is -2.10. The molecule has 2 N–H and O–H groups in total. The molecule has 0 spiro atoms.